The molecular formula is C6H6ClNaO3S. The second kappa shape index (κ2) is 4.60. The van der Waals surface area contributed by atoms with Crippen molar-refractivity contribution in [1.82, 2.24) is 0 Å². The maximum absolute atomic E-state index is 10.5. The molecule has 0 amide bonds. The fourth-order valence-corrected chi connectivity index (χ4v) is 1.41. The first-order valence-corrected chi connectivity index (χ1v) is 4.55. The second-order valence-corrected chi connectivity index (χ2v) is 3.79. The molecule has 0 aliphatic rings. The van der Waals surface area contributed by atoms with E-state index in [1.807, 2.05) is 0 Å². The molecule has 0 unspecified atom stereocenters. The molecule has 0 aliphatic carbocycles. The first kappa shape index (κ1) is 12.4. The minimum absolute atomic E-state index is 0. The van der Waals surface area contributed by atoms with Gasteiger partial charge in [0.25, 0.3) is 10.1 Å². The Morgan fingerprint density at radius 2 is 2.00 bits per heavy atom. The van der Waals surface area contributed by atoms with E-state index in [1.165, 1.54) is 24.3 Å². The van der Waals surface area contributed by atoms with Gasteiger partial charge in [-0.2, -0.15) is 8.42 Å². The molecule has 0 aromatic heterocycles. The SMILES string of the molecule is O=S(=O)(O)c1cccc(Cl)c1.[H-].[Na+]. The van der Waals surface area contributed by atoms with Crippen LogP contribution in [0.3, 0.4) is 0 Å². The Morgan fingerprint density at radius 1 is 1.42 bits per heavy atom. The van der Waals surface area contributed by atoms with Crippen LogP contribution in [-0.4, -0.2) is 13.0 Å². The zero-order valence-electron chi connectivity index (χ0n) is 7.36. The molecule has 0 spiro atoms. The third-order valence-corrected chi connectivity index (χ3v) is 2.18. The molecule has 1 N–H and O–H groups in total. The Labute approximate surface area is 99.3 Å². The summed E-state index contributed by atoms with van der Waals surface area (Å²) in [5.41, 5.74) is 0. The van der Waals surface area contributed by atoms with Gasteiger partial charge in [-0.15, -0.1) is 0 Å². The molecule has 0 saturated heterocycles. The van der Waals surface area contributed by atoms with Gasteiger partial charge in [-0.05, 0) is 18.2 Å². The summed E-state index contributed by atoms with van der Waals surface area (Å²) in [6.07, 6.45) is 0. The Bertz CT molecular complexity index is 368. The van der Waals surface area contributed by atoms with Gasteiger partial charge < -0.3 is 1.43 Å². The van der Waals surface area contributed by atoms with Gasteiger partial charge in [0.15, 0.2) is 0 Å². The fourth-order valence-electron chi connectivity index (χ4n) is 0.627. The number of hydrogen-bond donors (Lipinski definition) is 1. The van der Waals surface area contributed by atoms with Gasteiger partial charge in [-0.25, -0.2) is 0 Å². The van der Waals surface area contributed by atoms with Crippen molar-refractivity contribution in [2.24, 2.45) is 0 Å². The summed E-state index contributed by atoms with van der Waals surface area (Å²) >= 11 is 5.48. The van der Waals surface area contributed by atoms with Crippen LogP contribution in [0.25, 0.3) is 0 Å². The van der Waals surface area contributed by atoms with E-state index < -0.39 is 10.1 Å². The van der Waals surface area contributed by atoms with Crippen LogP contribution in [0.2, 0.25) is 5.02 Å². The number of hydrogen-bond acceptors (Lipinski definition) is 2. The van der Waals surface area contributed by atoms with Crippen LogP contribution >= 0.6 is 11.6 Å². The van der Waals surface area contributed by atoms with Crippen molar-refractivity contribution in [2.45, 2.75) is 4.90 Å². The third-order valence-electron chi connectivity index (χ3n) is 1.09. The Balaban J connectivity index is 0. The molecule has 0 heterocycles. The molecule has 3 nitrogen and oxygen atoms in total. The van der Waals surface area contributed by atoms with E-state index in [2.05, 4.69) is 0 Å². The summed E-state index contributed by atoms with van der Waals surface area (Å²) in [5.74, 6) is 0. The zero-order valence-corrected chi connectivity index (χ0v) is 9.93. The van der Waals surface area contributed by atoms with Crippen molar-refractivity contribution in [2.75, 3.05) is 0 Å². The Kier molecular flexibility index (Phi) is 4.76. The Morgan fingerprint density at radius 3 is 2.33 bits per heavy atom. The van der Waals surface area contributed by atoms with Crippen LogP contribution in [0.15, 0.2) is 29.2 Å². The van der Waals surface area contributed by atoms with Crippen molar-refractivity contribution in [1.29, 1.82) is 0 Å². The van der Waals surface area contributed by atoms with Crippen molar-refractivity contribution >= 4 is 21.7 Å². The second-order valence-electron chi connectivity index (χ2n) is 1.93. The van der Waals surface area contributed by atoms with Crippen LogP contribution in [0.5, 0.6) is 0 Å². The maximum atomic E-state index is 10.5. The Hall–Kier alpha value is 0.420. The summed E-state index contributed by atoms with van der Waals surface area (Å²) in [6.45, 7) is 0. The van der Waals surface area contributed by atoms with Crippen molar-refractivity contribution in [3.63, 3.8) is 0 Å². The van der Waals surface area contributed by atoms with Crippen molar-refractivity contribution in [3.8, 4) is 0 Å². The summed E-state index contributed by atoms with van der Waals surface area (Å²) in [4.78, 5) is -0.190. The summed E-state index contributed by atoms with van der Waals surface area (Å²) in [5, 5.41) is 0.278. The van der Waals surface area contributed by atoms with E-state index in [4.69, 9.17) is 16.2 Å². The van der Waals surface area contributed by atoms with Gasteiger partial charge in [0, 0.05) is 5.02 Å². The van der Waals surface area contributed by atoms with E-state index in [9.17, 15) is 8.42 Å². The van der Waals surface area contributed by atoms with E-state index >= 15 is 0 Å². The number of benzene rings is 1. The van der Waals surface area contributed by atoms with Crippen LogP contribution in [-0.2, 0) is 10.1 Å². The normalized spacial score (nSPS) is 10.5. The van der Waals surface area contributed by atoms with E-state index in [-0.39, 0.29) is 40.9 Å². The number of halogens is 1. The fraction of sp³-hybridized carbons (Fsp3) is 0. The standard InChI is InChI=1S/C6H5ClO3S.Na.H/c7-5-2-1-3-6(4-5)11(8,9)10;;/h1-4H,(H,8,9,10);;/q;+1;-1. The number of rotatable bonds is 1. The minimum Gasteiger partial charge on any atom is -1.00 e. The molecular weight excluding hydrogens is 211 g/mol. The first-order chi connectivity index (χ1) is 5.00. The average Bonchev–Trinajstić information content (AvgIpc) is 1.86. The van der Waals surface area contributed by atoms with Gasteiger partial charge in [-0.1, -0.05) is 17.7 Å². The topological polar surface area (TPSA) is 54.4 Å². The molecule has 12 heavy (non-hydrogen) atoms. The molecule has 0 saturated carbocycles. The maximum Gasteiger partial charge on any atom is 1.00 e. The summed E-state index contributed by atoms with van der Waals surface area (Å²) < 4.78 is 29.5. The molecule has 62 valence electrons. The molecule has 0 aliphatic heterocycles. The zero-order chi connectivity index (χ0) is 8.48. The predicted octanol–water partition coefficient (Wildman–Crippen LogP) is -1.30. The van der Waals surface area contributed by atoms with Gasteiger partial charge in [0.2, 0.25) is 0 Å². The molecule has 1 rings (SSSR count). The van der Waals surface area contributed by atoms with Crippen LogP contribution in [0.1, 0.15) is 1.43 Å². The summed E-state index contributed by atoms with van der Waals surface area (Å²) in [6, 6.07) is 5.42. The smallest absolute Gasteiger partial charge is 1.00 e. The van der Waals surface area contributed by atoms with Crippen LogP contribution < -0.4 is 29.6 Å². The van der Waals surface area contributed by atoms with Crippen LogP contribution in [0.4, 0.5) is 0 Å². The van der Waals surface area contributed by atoms with E-state index in [0.29, 0.717) is 0 Å². The van der Waals surface area contributed by atoms with Crippen molar-refractivity contribution in [3.05, 3.63) is 29.3 Å². The monoisotopic (exact) mass is 216 g/mol. The quantitative estimate of drug-likeness (QED) is 0.469. The average molecular weight is 217 g/mol. The van der Waals surface area contributed by atoms with Gasteiger partial charge in [0.05, 0.1) is 4.90 Å². The molecule has 0 bridgehead atoms. The predicted molar refractivity (Wildman–Crippen MR) is 42.4 cm³/mol. The van der Waals surface area contributed by atoms with Gasteiger partial charge >= 0.3 is 29.6 Å². The largest absolute Gasteiger partial charge is 1.00 e. The van der Waals surface area contributed by atoms with Gasteiger partial charge in [-0.3, -0.25) is 4.55 Å². The molecule has 0 radical (unpaired) electrons. The molecule has 1 aromatic carbocycles. The molecule has 6 heteroatoms. The molecule has 1 aromatic rings. The first-order valence-electron chi connectivity index (χ1n) is 2.73. The summed E-state index contributed by atoms with van der Waals surface area (Å²) in [7, 11) is -4.11. The van der Waals surface area contributed by atoms with Crippen LogP contribution in [0, 0.1) is 0 Å². The molecule has 0 fully saturated rings. The van der Waals surface area contributed by atoms with E-state index in [1.54, 1.807) is 0 Å². The van der Waals surface area contributed by atoms with Crippen molar-refractivity contribution < 1.29 is 44.0 Å². The minimum atomic E-state index is -4.11. The third kappa shape index (κ3) is 3.43. The van der Waals surface area contributed by atoms with Gasteiger partial charge in [0.1, 0.15) is 0 Å². The van der Waals surface area contributed by atoms with E-state index in [0.717, 1.165) is 0 Å². The molecule has 0 atom stereocenters.